The maximum absolute atomic E-state index is 12.1. The Morgan fingerprint density at radius 2 is 1.83 bits per heavy atom. The Bertz CT molecular complexity index is 662. The molecule has 2 aromatic rings. The summed E-state index contributed by atoms with van der Waals surface area (Å²) < 4.78 is 26.5. The SMILES string of the molecule is Cc1cn[nH]c1NS(=O)(=O)c1cc(Cl)cc(Cl)c1. The fraction of sp³-hybridized carbons (Fsp3) is 0.100. The molecule has 0 bridgehead atoms. The first-order chi connectivity index (χ1) is 8.38. The standard InChI is InChI=1S/C10H9Cl2N3O2S/c1-6-5-13-14-10(6)15-18(16,17)9-3-7(11)2-8(12)4-9/h2-5H,1H3,(H2,13,14,15). The van der Waals surface area contributed by atoms with E-state index in [4.69, 9.17) is 23.2 Å². The highest BCUT2D eigenvalue weighted by Gasteiger charge is 2.17. The zero-order chi connectivity index (χ0) is 13.3. The van der Waals surface area contributed by atoms with Gasteiger partial charge in [-0.2, -0.15) is 5.10 Å². The number of anilines is 1. The van der Waals surface area contributed by atoms with Crippen molar-refractivity contribution in [2.75, 3.05) is 4.72 Å². The van der Waals surface area contributed by atoms with Crippen LogP contribution in [0.3, 0.4) is 0 Å². The largest absolute Gasteiger partial charge is 0.264 e. The van der Waals surface area contributed by atoms with Crippen LogP contribution in [0.5, 0.6) is 0 Å². The van der Waals surface area contributed by atoms with Gasteiger partial charge in [-0.25, -0.2) is 8.42 Å². The zero-order valence-corrected chi connectivity index (χ0v) is 11.6. The first-order valence-electron chi connectivity index (χ1n) is 4.87. The normalized spacial score (nSPS) is 11.5. The third-order valence-electron chi connectivity index (χ3n) is 2.21. The summed E-state index contributed by atoms with van der Waals surface area (Å²) in [7, 11) is -3.74. The molecule has 0 unspecified atom stereocenters. The summed E-state index contributed by atoms with van der Waals surface area (Å²) in [6.07, 6.45) is 1.52. The molecule has 0 saturated carbocycles. The second-order valence-electron chi connectivity index (χ2n) is 3.64. The fourth-order valence-corrected chi connectivity index (χ4v) is 3.14. The van der Waals surface area contributed by atoms with Gasteiger partial charge in [-0.15, -0.1) is 0 Å². The predicted octanol–water partition coefficient (Wildman–Crippen LogP) is 2.83. The van der Waals surface area contributed by atoms with Crippen molar-refractivity contribution in [3.63, 3.8) is 0 Å². The minimum atomic E-state index is -3.74. The van der Waals surface area contributed by atoms with Crippen molar-refractivity contribution >= 4 is 39.0 Å². The molecular weight excluding hydrogens is 297 g/mol. The second kappa shape index (κ2) is 4.79. The maximum Gasteiger partial charge on any atom is 0.263 e. The Labute approximate surface area is 114 Å². The third kappa shape index (κ3) is 2.77. The molecule has 18 heavy (non-hydrogen) atoms. The van der Waals surface area contributed by atoms with E-state index in [2.05, 4.69) is 14.9 Å². The van der Waals surface area contributed by atoms with Gasteiger partial charge in [-0.3, -0.25) is 9.82 Å². The molecule has 1 aromatic carbocycles. The fourth-order valence-electron chi connectivity index (χ4n) is 1.33. The van der Waals surface area contributed by atoms with Crippen molar-refractivity contribution < 1.29 is 8.42 Å². The monoisotopic (exact) mass is 305 g/mol. The van der Waals surface area contributed by atoms with Gasteiger partial charge in [-0.05, 0) is 25.1 Å². The van der Waals surface area contributed by atoms with Gasteiger partial charge in [0.15, 0.2) is 0 Å². The van der Waals surface area contributed by atoms with Crippen LogP contribution in [-0.2, 0) is 10.0 Å². The number of benzene rings is 1. The summed E-state index contributed by atoms with van der Waals surface area (Å²) in [6, 6.07) is 4.10. The molecule has 0 fully saturated rings. The molecule has 0 spiro atoms. The summed E-state index contributed by atoms with van der Waals surface area (Å²) in [5, 5.41) is 6.79. The number of halogens is 2. The van der Waals surface area contributed by atoms with Crippen LogP contribution in [0, 0.1) is 6.92 Å². The molecule has 1 aromatic heterocycles. The molecule has 0 atom stereocenters. The van der Waals surface area contributed by atoms with E-state index in [0.717, 1.165) is 0 Å². The number of rotatable bonds is 3. The average Bonchev–Trinajstić information content (AvgIpc) is 2.62. The van der Waals surface area contributed by atoms with Gasteiger partial charge in [0.05, 0.1) is 11.1 Å². The Balaban J connectivity index is 2.40. The van der Waals surface area contributed by atoms with E-state index >= 15 is 0 Å². The van der Waals surface area contributed by atoms with E-state index in [1.54, 1.807) is 6.92 Å². The van der Waals surface area contributed by atoms with Crippen molar-refractivity contribution in [3.05, 3.63) is 40.0 Å². The number of sulfonamides is 1. The molecule has 0 amide bonds. The van der Waals surface area contributed by atoms with Crippen molar-refractivity contribution in [2.45, 2.75) is 11.8 Å². The zero-order valence-electron chi connectivity index (χ0n) is 9.24. The molecule has 5 nitrogen and oxygen atoms in total. The highest BCUT2D eigenvalue weighted by Crippen LogP contribution is 2.24. The molecule has 0 saturated heterocycles. The lowest BCUT2D eigenvalue weighted by atomic mass is 10.4. The summed E-state index contributed by atoms with van der Waals surface area (Å²) >= 11 is 11.5. The first-order valence-corrected chi connectivity index (χ1v) is 7.11. The predicted molar refractivity (Wildman–Crippen MR) is 70.6 cm³/mol. The van der Waals surface area contributed by atoms with Gasteiger partial charge >= 0.3 is 0 Å². The van der Waals surface area contributed by atoms with E-state index in [0.29, 0.717) is 11.4 Å². The number of hydrogen-bond donors (Lipinski definition) is 2. The Morgan fingerprint density at radius 1 is 1.22 bits per heavy atom. The van der Waals surface area contributed by atoms with Crippen LogP contribution in [0.1, 0.15) is 5.56 Å². The molecule has 2 rings (SSSR count). The Hall–Kier alpha value is -1.24. The lowest BCUT2D eigenvalue weighted by Gasteiger charge is -2.07. The molecule has 0 aliphatic rings. The molecule has 1 heterocycles. The van der Waals surface area contributed by atoms with E-state index in [1.807, 2.05) is 0 Å². The van der Waals surface area contributed by atoms with Gasteiger partial charge in [-0.1, -0.05) is 23.2 Å². The third-order valence-corrected chi connectivity index (χ3v) is 3.98. The molecule has 0 radical (unpaired) electrons. The van der Waals surface area contributed by atoms with Gasteiger partial charge in [0, 0.05) is 15.6 Å². The van der Waals surface area contributed by atoms with Crippen molar-refractivity contribution in [1.29, 1.82) is 0 Å². The second-order valence-corrected chi connectivity index (χ2v) is 6.19. The maximum atomic E-state index is 12.1. The number of hydrogen-bond acceptors (Lipinski definition) is 3. The van der Waals surface area contributed by atoms with Crippen LogP contribution < -0.4 is 4.72 Å². The van der Waals surface area contributed by atoms with E-state index < -0.39 is 10.0 Å². The summed E-state index contributed by atoms with van der Waals surface area (Å²) in [5.74, 6) is 0.311. The lowest BCUT2D eigenvalue weighted by molar-refractivity contribution is 0.601. The molecule has 96 valence electrons. The van der Waals surface area contributed by atoms with Gasteiger partial charge < -0.3 is 0 Å². The molecule has 8 heteroatoms. The molecule has 0 aliphatic carbocycles. The summed E-state index contributed by atoms with van der Waals surface area (Å²) in [5.41, 5.74) is 0.687. The summed E-state index contributed by atoms with van der Waals surface area (Å²) in [6.45, 7) is 1.73. The smallest absolute Gasteiger partial charge is 0.263 e. The minimum Gasteiger partial charge on any atom is -0.264 e. The van der Waals surface area contributed by atoms with E-state index in [1.165, 1.54) is 24.4 Å². The highest BCUT2D eigenvalue weighted by atomic mass is 35.5. The molecule has 0 aliphatic heterocycles. The molecular formula is C10H9Cl2N3O2S. The number of nitrogens with one attached hydrogen (secondary N) is 2. The number of aromatic amines is 1. The van der Waals surface area contributed by atoms with E-state index in [-0.39, 0.29) is 14.9 Å². The number of aromatic nitrogens is 2. The van der Waals surface area contributed by atoms with Gasteiger partial charge in [0.2, 0.25) is 0 Å². The summed E-state index contributed by atoms with van der Waals surface area (Å²) in [4.78, 5) is -0.00556. The number of H-pyrrole nitrogens is 1. The number of nitrogens with zero attached hydrogens (tertiary/aromatic N) is 1. The minimum absolute atomic E-state index is 0.00556. The van der Waals surface area contributed by atoms with Crippen LogP contribution >= 0.6 is 23.2 Å². The average molecular weight is 306 g/mol. The first kappa shape index (κ1) is 13.2. The van der Waals surface area contributed by atoms with Crippen LogP contribution in [-0.4, -0.2) is 18.6 Å². The van der Waals surface area contributed by atoms with E-state index in [9.17, 15) is 8.42 Å². The topological polar surface area (TPSA) is 74.8 Å². The molecule has 2 N–H and O–H groups in total. The lowest BCUT2D eigenvalue weighted by Crippen LogP contribution is -2.14. The van der Waals surface area contributed by atoms with Crippen molar-refractivity contribution in [1.82, 2.24) is 10.2 Å². The number of aryl methyl sites for hydroxylation is 1. The van der Waals surface area contributed by atoms with Crippen LogP contribution in [0.25, 0.3) is 0 Å². The Morgan fingerprint density at radius 3 is 2.33 bits per heavy atom. The van der Waals surface area contributed by atoms with Gasteiger partial charge in [0.1, 0.15) is 5.82 Å². The van der Waals surface area contributed by atoms with Crippen LogP contribution in [0.2, 0.25) is 10.0 Å². The van der Waals surface area contributed by atoms with Crippen molar-refractivity contribution in [3.8, 4) is 0 Å². The Kier molecular flexibility index (Phi) is 3.52. The van der Waals surface area contributed by atoms with Crippen LogP contribution in [0.15, 0.2) is 29.3 Å². The highest BCUT2D eigenvalue weighted by molar-refractivity contribution is 7.92. The van der Waals surface area contributed by atoms with Crippen LogP contribution in [0.4, 0.5) is 5.82 Å². The van der Waals surface area contributed by atoms with Gasteiger partial charge in [0.25, 0.3) is 10.0 Å². The van der Waals surface area contributed by atoms with Crippen molar-refractivity contribution in [2.24, 2.45) is 0 Å². The quantitative estimate of drug-likeness (QED) is 0.915.